The van der Waals surface area contributed by atoms with Crippen molar-refractivity contribution in [3.05, 3.63) is 76.0 Å². The summed E-state index contributed by atoms with van der Waals surface area (Å²) in [5, 5.41) is 3.29. The predicted octanol–water partition coefficient (Wildman–Crippen LogP) is 4.15. The first-order valence-corrected chi connectivity index (χ1v) is 11.8. The number of aromatic amines is 1. The van der Waals surface area contributed by atoms with Crippen molar-refractivity contribution in [1.29, 1.82) is 0 Å². The molecular formula is C25H25FN4O4S. The second kappa shape index (κ2) is 10.2. The minimum absolute atomic E-state index is 0.0280. The number of thioether (sulfide) groups is 1. The van der Waals surface area contributed by atoms with Crippen molar-refractivity contribution in [3.8, 4) is 17.2 Å². The number of nitrogens with one attached hydrogen (secondary N) is 2. The minimum Gasteiger partial charge on any atom is -0.493 e. The number of ether oxygens (including phenoxy) is 2. The minimum atomic E-state index is -0.413. The van der Waals surface area contributed by atoms with Crippen LogP contribution in [-0.4, -0.2) is 40.4 Å². The lowest BCUT2D eigenvalue weighted by molar-refractivity contribution is -0.119. The number of H-pyrrole nitrogens is 1. The van der Waals surface area contributed by atoms with Crippen molar-refractivity contribution in [2.45, 2.75) is 25.0 Å². The fraction of sp³-hybridized carbons (Fsp3) is 0.240. The first-order chi connectivity index (χ1) is 16.8. The van der Waals surface area contributed by atoms with Gasteiger partial charge in [0.05, 0.1) is 37.2 Å². The zero-order chi connectivity index (χ0) is 25.1. The highest BCUT2D eigenvalue weighted by Crippen LogP contribution is 2.30. The maximum atomic E-state index is 13.5. The number of fused-ring (bicyclic) bond motifs is 1. The molecule has 2 aromatic carbocycles. The molecule has 0 fully saturated rings. The number of methoxy groups -OCH3 is 2. The standard InChI is InChI=1S/C25H25FN4O4S/c1-14-11-19-23(27-14)24(32)30(18-8-6-17(26)7-9-18)25(29-19)35-13-22(31)28-15(2)16-5-10-20(33-3)21(12-16)34-4/h5-12,15,27H,13H2,1-4H3,(H,28,31). The van der Waals surface area contributed by atoms with Gasteiger partial charge in [-0.2, -0.15) is 0 Å². The molecule has 2 heterocycles. The number of hydrogen-bond donors (Lipinski definition) is 2. The van der Waals surface area contributed by atoms with Gasteiger partial charge in [-0.05, 0) is 61.9 Å². The van der Waals surface area contributed by atoms with Gasteiger partial charge in [0.1, 0.15) is 11.3 Å². The molecule has 0 aliphatic heterocycles. The van der Waals surface area contributed by atoms with Crippen LogP contribution in [0, 0.1) is 12.7 Å². The highest BCUT2D eigenvalue weighted by atomic mass is 32.2. The number of aryl methyl sites for hydroxylation is 1. The summed E-state index contributed by atoms with van der Waals surface area (Å²) in [4.78, 5) is 33.6. The molecule has 35 heavy (non-hydrogen) atoms. The van der Waals surface area contributed by atoms with Crippen LogP contribution in [0.4, 0.5) is 4.39 Å². The van der Waals surface area contributed by atoms with Crippen LogP contribution in [0.15, 0.2) is 58.5 Å². The summed E-state index contributed by atoms with van der Waals surface area (Å²) in [6.07, 6.45) is 0. The zero-order valence-corrected chi connectivity index (χ0v) is 20.5. The van der Waals surface area contributed by atoms with Crippen LogP contribution in [0.25, 0.3) is 16.7 Å². The molecule has 8 nitrogen and oxygen atoms in total. The van der Waals surface area contributed by atoms with E-state index in [1.165, 1.54) is 28.8 Å². The van der Waals surface area contributed by atoms with E-state index in [4.69, 9.17) is 9.47 Å². The molecule has 10 heteroatoms. The summed E-state index contributed by atoms with van der Waals surface area (Å²) in [5.41, 5.74) is 2.64. The third-order valence-corrected chi connectivity index (χ3v) is 6.40. The quantitative estimate of drug-likeness (QED) is 0.281. The van der Waals surface area contributed by atoms with E-state index in [-0.39, 0.29) is 23.3 Å². The Bertz CT molecular complexity index is 1430. The van der Waals surface area contributed by atoms with Crippen LogP contribution < -0.4 is 20.3 Å². The first-order valence-electron chi connectivity index (χ1n) is 10.8. The van der Waals surface area contributed by atoms with Crippen molar-refractivity contribution in [2.24, 2.45) is 0 Å². The Morgan fingerprint density at radius 1 is 1.14 bits per heavy atom. The average molecular weight is 497 g/mol. The van der Waals surface area contributed by atoms with Crippen molar-refractivity contribution < 1.29 is 18.7 Å². The van der Waals surface area contributed by atoms with Crippen LogP contribution in [0.1, 0.15) is 24.2 Å². The van der Waals surface area contributed by atoms with E-state index < -0.39 is 5.82 Å². The molecule has 0 radical (unpaired) electrons. The second-order valence-corrected chi connectivity index (χ2v) is 8.86. The van der Waals surface area contributed by atoms with E-state index in [0.717, 1.165) is 23.0 Å². The van der Waals surface area contributed by atoms with Crippen LogP contribution in [-0.2, 0) is 4.79 Å². The monoisotopic (exact) mass is 496 g/mol. The predicted molar refractivity (Wildman–Crippen MR) is 133 cm³/mol. The molecule has 1 atom stereocenters. The molecule has 0 saturated heterocycles. The van der Waals surface area contributed by atoms with Crippen molar-refractivity contribution in [2.75, 3.05) is 20.0 Å². The summed E-state index contributed by atoms with van der Waals surface area (Å²) in [6, 6.07) is 12.5. The van der Waals surface area contributed by atoms with Gasteiger partial charge >= 0.3 is 0 Å². The fourth-order valence-corrected chi connectivity index (χ4v) is 4.53. The van der Waals surface area contributed by atoms with Crippen LogP contribution in [0.2, 0.25) is 0 Å². The normalized spacial score (nSPS) is 11.9. The molecule has 4 rings (SSSR count). The number of carbonyl (C=O) groups excluding carboxylic acids is 1. The maximum Gasteiger partial charge on any atom is 0.283 e. The zero-order valence-electron chi connectivity index (χ0n) is 19.7. The van der Waals surface area contributed by atoms with E-state index in [1.54, 1.807) is 26.4 Å². The second-order valence-electron chi connectivity index (χ2n) is 7.92. The molecule has 0 spiro atoms. The lowest BCUT2D eigenvalue weighted by atomic mass is 10.1. The van der Waals surface area contributed by atoms with Crippen LogP contribution in [0.5, 0.6) is 11.5 Å². The summed E-state index contributed by atoms with van der Waals surface area (Å²) in [7, 11) is 3.11. The fourth-order valence-electron chi connectivity index (χ4n) is 3.71. The lowest BCUT2D eigenvalue weighted by Gasteiger charge is -2.17. The number of nitrogens with zero attached hydrogens (tertiary/aromatic N) is 2. The van der Waals surface area contributed by atoms with Crippen molar-refractivity contribution in [1.82, 2.24) is 19.9 Å². The van der Waals surface area contributed by atoms with Gasteiger partial charge in [0.15, 0.2) is 16.7 Å². The van der Waals surface area contributed by atoms with Gasteiger partial charge in [0, 0.05) is 5.69 Å². The molecule has 4 aromatic rings. The van der Waals surface area contributed by atoms with Gasteiger partial charge < -0.3 is 19.8 Å². The lowest BCUT2D eigenvalue weighted by Crippen LogP contribution is -2.29. The summed E-state index contributed by atoms with van der Waals surface area (Å²) >= 11 is 1.13. The third kappa shape index (κ3) is 5.17. The largest absolute Gasteiger partial charge is 0.493 e. The number of rotatable bonds is 8. The van der Waals surface area contributed by atoms with Gasteiger partial charge in [-0.15, -0.1) is 0 Å². The Balaban J connectivity index is 1.56. The van der Waals surface area contributed by atoms with E-state index in [1.807, 2.05) is 26.0 Å². The molecule has 0 saturated carbocycles. The number of halogens is 1. The molecular weight excluding hydrogens is 471 g/mol. The number of carbonyl (C=O) groups is 1. The molecule has 0 bridgehead atoms. The molecule has 0 aliphatic carbocycles. The summed E-state index contributed by atoms with van der Waals surface area (Å²) in [5.74, 6) is 0.556. The van der Waals surface area contributed by atoms with E-state index in [2.05, 4.69) is 15.3 Å². The van der Waals surface area contributed by atoms with Crippen LogP contribution >= 0.6 is 11.8 Å². The Morgan fingerprint density at radius 3 is 2.54 bits per heavy atom. The first kappa shape index (κ1) is 24.3. The molecule has 182 valence electrons. The number of hydrogen-bond acceptors (Lipinski definition) is 6. The van der Waals surface area contributed by atoms with Crippen molar-refractivity contribution >= 4 is 28.7 Å². The molecule has 1 amide bonds. The SMILES string of the molecule is COc1ccc(C(C)NC(=O)CSc2nc3cc(C)[nH]c3c(=O)n2-c2ccc(F)cc2)cc1OC. The smallest absolute Gasteiger partial charge is 0.283 e. The number of aromatic nitrogens is 3. The number of benzene rings is 2. The van der Waals surface area contributed by atoms with E-state index in [0.29, 0.717) is 33.4 Å². The van der Waals surface area contributed by atoms with Gasteiger partial charge in [0.2, 0.25) is 5.91 Å². The van der Waals surface area contributed by atoms with E-state index in [9.17, 15) is 14.0 Å². The molecule has 2 aromatic heterocycles. The average Bonchev–Trinajstić information content (AvgIpc) is 3.23. The van der Waals surface area contributed by atoms with Gasteiger partial charge in [-0.3, -0.25) is 14.2 Å². The third-order valence-electron chi connectivity index (χ3n) is 5.46. The van der Waals surface area contributed by atoms with E-state index >= 15 is 0 Å². The number of amides is 1. The van der Waals surface area contributed by atoms with Gasteiger partial charge in [-0.25, -0.2) is 9.37 Å². The summed E-state index contributed by atoms with van der Waals surface area (Å²) in [6.45, 7) is 3.70. The maximum absolute atomic E-state index is 13.5. The highest BCUT2D eigenvalue weighted by Gasteiger charge is 2.18. The molecule has 2 N–H and O–H groups in total. The topological polar surface area (TPSA) is 98.2 Å². The van der Waals surface area contributed by atoms with Gasteiger partial charge in [0.25, 0.3) is 5.56 Å². The van der Waals surface area contributed by atoms with Crippen molar-refractivity contribution in [3.63, 3.8) is 0 Å². The Hall–Kier alpha value is -3.79. The molecule has 0 aliphatic rings. The highest BCUT2D eigenvalue weighted by molar-refractivity contribution is 7.99. The Labute approximate surface area is 205 Å². The Morgan fingerprint density at radius 2 is 1.86 bits per heavy atom. The summed E-state index contributed by atoms with van der Waals surface area (Å²) < 4.78 is 25.5. The van der Waals surface area contributed by atoms with Gasteiger partial charge in [-0.1, -0.05) is 17.8 Å². The molecule has 1 unspecified atom stereocenters. The Kier molecular flexibility index (Phi) is 7.11. The van der Waals surface area contributed by atoms with Crippen LogP contribution in [0.3, 0.4) is 0 Å².